The van der Waals surface area contributed by atoms with E-state index in [9.17, 15) is 9.59 Å². The predicted molar refractivity (Wildman–Crippen MR) is 96.4 cm³/mol. The van der Waals surface area contributed by atoms with Crippen molar-refractivity contribution in [1.82, 2.24) is 18.9 Å². The Morgan fingerprint density at radius 1 is 1.25 bits per heavy atom. The molecule has 0 aliphatic rings. The predicted octanol–water partition coefficient (Wildman–Crippen LogP) is 2.45. The van der Waals surface area contributed by atoms with Crippen LogP contribution in [0, 0.1) is 6.92 Å². The number of thiazole rings is 1. The van der Waals surface area contributed by atoms with E-state index in [4.69, 9.17) is 0 Å². The molecule has 0 bridgehead atoms. The molecule has 0 aromatic carbocycles. The summed E-state index contributed by atoms with van der Waals surface area (Å²) in [6.45, 7) is 4.16. The molecule has 122 valence electrons. The van der Waals surface area contributed by atoms with Crippen LogP contribution in [0.3, 0.4) is 0 Å². The first-order valence-corrected chi connectivity index (χ1v) is 9.21. The summed E-state index contributed by atoms with van der Waals surface area (Å²) in [6, 6.07) is 3.38. The lowest BCUT2D eigenvalue weighted by atomic mass is 10.3. The molecule has 0 fully saturated rings. The van der Waals surface area contributed by atoms with Crippen molar-refractivity contribution in [3.8, 4) is 0 Å². The van der Waals surface area contributed by atoms with E-state index in [-0.39, 0.29) is 17.7 Å². The largest absolute Gasteiger partial charge is 0.293 e. The molecular weight excluding hydrogens is 344 g/mol. The number of hydrogen-bond acceptors (Lipinski definition) is 6. The summed E-state index contributed by atoms with van der Waals surface area (Å²) in [5.74, 6) is 0. The number of nitrogens with zero attached hydrogens (tertiary/aromatic N) is 4. The highest BCUT2D eigenvalue weighted by atomic mass is 32.1. The second-order valence-electron chi connectivity index (χ2n) is 5.54. The summed E-state index contributed by atoms with van der Waals surface area (Å²) in [5, 5.41) is 2.52. The third-order valence-electron chi connectivity index (χ3n) is 3.88. The highest BCUT2D eigenvalue weighted by Gasteiger charge is 2.11. The van der Waals surface area contributed by atoms with Crippen molar-refractivity contribution >= 4 is 37.9 Å². The second-order valence-corrected chi connectivity index (χ2v) is 7.50. The van der Waals surface area contributed by atoms with Gasteiger partial charge in [-0.05, 0) is 19.4 Å². The topological polar surface area (TPSA) is 69.3 Å². The Balaban J connectivity index is 1.80. The minimum Gasteiger partial charge on any atom is -0.293 e. The Hall–Kier alpha value is -2.32. The van der Waals surface area contributed by atoms with Gasteiger partial charge in [-0.2, -0.15) is 0 Å². The van der Waals surface area contributed by atoms with E-state index in [0.717, 1.165) is 21.8 Å². The van der Waals surface area contributed by atoms with Crippen molar-refractivity contribution in [2.24, 2.45) is 0 Å². The summed E-state index contributed by atoms with van der Waals surface area (Å²) >= 11 is 2.96. The molecule has 0 atom stereocenters. The van der Waals surface area contributed by atoms with Crippen molar-refractivity contribution in [3.63, 3.8) is 0 Å². The first kappa shape index (κ1) is 15.2. The molecule has 0 saturated carbocycles. The summed E-state index contributed by atoms with van der Waals surface area (Å²) in [7, 11) is 0. The van der Waals surface area contributed by atoms with Crippen LogP contribution in [-0.2, 0) is 13.0 Å². The standard InChI is InChI=1S/C16H14N4O2S2/c1-3-11-5-12-14(24-11)17-8-19(15(12)22)6-10-4-13(21)20-9(2)7-23-16(20)18-10/h4-5,7-8H,3,6H2,1-2H3. The van der Waals surface area contributed by atoms with Gasteiger partial charge in [0.05, 0.1) is 24.0 Å². The molecule has 6 nitrogen and oxygen atoms in total. The number of hydrogen-bond donors (Lipinski definition) is 0. The van der Waals surface area contributed by atoms with E-state index in [1.807, 2.05) is 18.4 Å². The third kappa shape index (κ3) is 2.38. The van der Waals surface area contributed by atoms with Crippen molar-refractivity contribution < 1.29 is 0 Å². The van der Waals surface area contributed by atoms with Gasteiger partial charge in [0.15, 0.2) is 4.96 Å². The van der Waals surface area contributed by atoms with Gasteiger partial charge in [-0.3, -0.25) is 18.6 Å². The molecule has 4 heterocycles. The van der Waals surface area contributed by atoms with Crippen LogP contribution in [0.25, 0.3) is 15.2 Å². The monoisotopic (exact) mass is 358 g/mol. The number of thiophene rings is 1. The van der Waals surface area contributed by atoms with Gasteiger partial charge in [0.2, 0.25) is 0 Å². The smallest absolute Gasteiger partial charge is 0.262 e. The number of aromatic nitrogens is 4. The maximum absolute atomic E-state index is 12.6. The van der Waals surface area contributed by atoms with Crippen LogP contribution >= 0.6 is 22.7 Å². The van der Waals surface area contributed by atoms with Crippen LogP contribution in [0.1, 0.15) is 23.2 Å². The number of fused-ring (bicyclic) bond motifs is 2. The van der Waals surface area contributed by atoms with E-state index in [0.29, 0.717) is 16.0 Å². The van der Waals surface area contributed by atoms with Gasteiger partial charge in [0, 0.05) is 22.0 Å². The first-order valence-electron chi connectivity index (χ1n) is 7.51. The molecule has 0 amide bonds. The summed E-state index contributed by atoms with van der Waals surface area (Å²) in [4.78, 5) is 36.3. The Kier molecular flexibility index (Phi) is 3.58. The Morgan fingerprint density at radius 3 is 2.88 bits per heavy atom. The lowest BCUT2D eigenvalue weighted by molar-refractivity contribution is 0.728. The number of rotatable bonds is 3. The van der Waals surface area contributed by atoms with Gasteiger partial charge in [-0.15, -0.1) is 22.7 Å². The highest BCUT2D eigenvalue weighted by Crippen LogP contribution is 2.21. The maximum Gasteiger partial charge on any atom is 0.262 e. The molecule has 0 unspecified atom stereocenters. The zero-order chi connectivity index (χ0) is 16.8. The van der Waals surface area contributed by atoms with Gasteiger partial charge < -0.3 is 0 Å². The van der Waals surface area contributed by atoms with Crippen molar-refractivity contribution in [1.29, 1.82) is 0 Å². The van der Waals surface area contributed by atoms with Crippen molar-refractivity contribution in [2.45, 2.75) is 26.8 Å². The molecule has 4 aromatic rings. The zero-order valence-corrected chi connectivity index (χ0v) is 14.8. The Bertz CT molecular complexity index is 1180. The molecule has 0 saturated heterocycles. The van der Waals surface area contributed by atoms with Crippen LogP contribution in [0.2, 0.25) is 0 Å². The first-order chi connectivity index (χ1) is 11.6. The van der Waals surface area contributed by atoms with Gasteiger partial charge in [0.25, 0.3) is 11.1 Å². The molecule has 0 N–H and O–H groups in total. The normalized spacial score (nSPS) is 11.6. The maximum atomic E-state index is 12.6. The van der Waals surface area contributed by atoms with E-state index in [1.54, 1.807) is 15.7 Å². The van der Waals surface area contributed by atoms with Crippen molar-refractivity contribution in [3.05, 3.63) is 60.8 Å². The van der Waals surface area contributed by atoms with E-state index in [1.165, 1.54) is 28.3 Å². The molecule has 0 spiro atoms. The average molecular weight is 358 g/mol. The van der Waals surface area contributed by atoms with Crippen LogP contribution in [-0.4, -0.2) is 18.9 Å². The molecule has 8 heteroatoms. The molecule has 24 heavy (non-hydrogen) atoms. The van der Waals surface area contributed by atoms with Crippen LogP contribution in [0.4, 0.5) is 0 Å². The number of aryl methyl sites for hydroxylation is 2. The van der Waals surface area contributed by atoms with E-state index >= 15 is 0 Å². The lowest BCUT2D eigenvalue weighted by Gasteiger charge is -2.05. The second kappa shape index (κ2) is 5.64. The van der Waals surface area contributed by atoms with Gasteiger partial charge in [0.1, 0.15) is 4.83 Å². The molecule has 0 aliphatic heterocycles. The molecule has 4 rings (SSSR count). The Labute approximate surface area is 144 Å². The highest BCUT2D eigenvalue weighted by molar-refractivity contribution is 7.18. The van der Waals surface area contributed by atoms with E-state index < -0.39 is 0 Å². The fourth-order valence-electron chi connectivity index (χ4n) is 2.65. The summed E-state index contributed by atoms with van der Waals surface area (Å²) < 4.78 is 3.08. The zero-order valence-electron chi connectivity index (χ0n) is 13.1. The fourth-order valence-corrected chi connectivity index (χ4v) is 4.47. The van der Waals surface area contributed by atoms with Crippen molar-refractivity contribution in [2.75, 3.05) is 0 Å². The molecule has 0 aliphatic carbocycles. The van der Waals surface area contributed by atoms with Crippen LogP contribution in [0.15, 0.2) is 33.4 Å². The van der Waals surface area contributed by atoms with Gasteiger partial charge in [-0.25, -0.2) is 9.97 Å². The quantitative estimate of drug-likeness (QED) is 0.564. The molecule has 4 aromatic heterocycles. The summed E-state index contributed by atoms with van der Waals surface area (Å²) in [5.41, 5.74) is 1.21. The summed E-state index contributed by atoms with van der Waals surface area (Å²) in [6.07, 6.45) is 2.41. The van der Waals surface area contributed by atoms with Crippen LogP contribution in [0.5, 0.6) is 0 Å². The van der Waals surface area contributed by atoms with E-state index in [2.05, 4.69) is 16.9 Å². The fraction of sp³-hybridized carbons (Fsp3) is 0.250. The average Bonchev–Trinajstić information content (AvgIpc) is 3.14. The third-order valence-corrected chi connectivity index (χ3v) is 6.01. The SMILES string of the molecule is CCc1cc2c(=O)n(Cc3cc(=O)n4c(C)csc4n3)cnc2s1. The van der Waals surface area contributed by atoms with Gasteiger partial charge >= 0.3 is 0 Å². The molecular formula is C16H14N4O2S2. The molecule has 0 radical (unpaired) electrons. The van der Waals surface area contributed by atoms with Gasteiger partial charge in [-0.1, -0.05) is 6.92 Å². The van der Waals surface area contributed by atoms with Crippen LogP contribution < -0.4 is 11.1 Å². The minimum atomic E-state index is -0.125. The minimum absolute atomic E-state index is 0.0969. The lowest BCUT2D eigenvalue weighted by Crippen LogP contribution is -2.23. The Morgan fingerprint density at radius 2 is 2.08 bits per heavy atom.